The minimum absolute atomic E-state index is 0. The number of benzene rings is 3. The Labute approximate surface area is 268 Å². The number of hydrogen-bond donors (Lipinski definition) is 2. The Balaban J connectivity index is 0.00000462. The van der Waals surface area contributed by atoms with Gasteiger partial charge in [-0.1, -0.05) is 43.2 Å². The molecule has 2 N–H and O–H groups in total. The van der Waals surface area contributed by atoms with Crippen LogP contribution in [0, 0.1) is 10.1 Å². The van der Waals surface area contributed by atoms with E-state index < -0.39 is 0 Å². The average molecular weight is 637 g/mol. The first-order chi connectivity index (χ1) is 20.0. The van der Waals surface area contributed by atoms with E-state index in [-0.39, 0.29) is 35.4 Å². The van der Waals surface area contributed by atoms with Crippen LogP contribution in [-0.4, -0.2) is 52.4 Å². The maximum Gasteiger partial charge on any atom is 0.269 e. The first-order valence-corrected chi connectivity index (χ1v) is 14.6. The van der Waals surface area contributed by atoms with Crippen LogP contribution in [0.1, 0.15) is 47.9 Å². The summed E-state index contributed by atoms with van der Waals surface area (Å²) in [6.45, 7) is 3.82. The van der Waals surface area contributed by atoms with E-state index in [1.807, 2.05) is 30.3 Å². The van der Waals surface area contributed by atoms with Gasteiger partial charge >= 0.3 is 0 Å². The lowest BCUT2D eigenvalue weighted by Gasteiger charge is -2.17. The van der Waals surface area contributed by atoms with E-state index in [2.05, 4.69) is 28.8 Å². The van der Waals surface area contributed by atoms with Gasteiger partial charge in [0.2, 0.25) is 0 Å². The van der Waals surface area contributed by atoms with Gasteiger partial charge in [-0.3, -0.25) is 10.1 Å². The van der Waals surface area contributed by atoms with E-state index in [4.69, 9.17) is 14.2 Å². The molecule has 0 radical (unpaired) electrons. The number of non-ortho nitro benzene ring substituents is 1. The van der Waals surface area contributed by atoms with Crippen molar-refractivity contribution in [3.05, 3.63) is 93.0 Å². The van der Waals surface area contributed by atoms with Crippen LogP contribution in [-0.2, 0) is 25.7 Å². The molecule has 0 fully saturated rings. The third-order valence-corrected chi connectivity index (χ3v) is 7.31. The van der Waals surface area contributed by atoms with Gasteiger partial charge in [-0.15, -0.1) is 24.8 Å². The van der Waals surface area contributed by atoms with Crippen molar-refractivity contribution in [2.75, 3.05) is 47.5 Å². The van der Waals surface area contributed by atoms with E-state index in [1.54, 1.807) is 33.5 Å². The second-order valence-electron chi connectivity index (χ2n) is 10.1. The van der Waals surface area contributed by atoms with Gasteiger partial charge in [-0.05, 0) is 99.6 Å². The van der Waals surface area contributed by atoms with E-state index >= 15 is 0 Å². The quantitative estimate of drug-likeness (QED) is 0.0803. The first-order valence-electron chi connectivity index (χ1n) is 14.6. The summed E-state index contributed by atoms with van der Waals surface area (Å²) in [6, 6.07) is 19.2. The SMILES string of the molecule is COc1cccc(CCc2c(CCNCCCCCCNCCc3ccc([N+](=O)[O-])cc3)ccc(OC)c2OC)c1.Cl.Cl. The van der Waals surface area contributed by atoms with Crippen molar-refractivity contribution >= 4 is 30.5 Å². The van der Waals surface area contributed by atoms with E-state index in [9.17, 15) is 10.1 Å². The first kappa shape index (κ1) is 38.0. The summed E-state index contributed by atoms with van der Waals surface area (Å²) >= 11 is 0. The van der Waals surface area contributed by atoms with Gasteiger partial charge in [0.15, 0.2) is 11.5 Å². The molecule has 0 aliphatic rings. The minimum Gasteiger partial charge on any atom is -0.497 e. The molecule has 0 unspecified atom stereocenters. The summed E-state index contributed by atoms with van der Waals surface area (Å²) in [5.41, 5.74) is 4.99. The average Bonchev–Trinajstić information content (AvgIpc) is 3.00. The van der Waals surface area contributed by atoms with Gasteiger partial charge in [0.05, 0.1) is 26.3 Å². The Morgan fingerprint density at radius 2 is 1.35 bits per heavy atom. The fraction of sp³-hybridized carbons (Fsp3) is 0.455. The van der Waals surface area contributed by atoms with Crippen molar-refractivity contribution in [2.45, 2.75) is 51.4 Å². The zero-order valence-electron chi connectivity index (χ0n) is 25.6. The number of methoxy groups -OCH3 is 3. The van der Waals surface area contributed by atoms with Crippen LogP contribution in [0.4, 0.5) is 5.69 Å². The molecule has 0 amide bonds. The number of nitrogens with zero attached hydrogens (tertiary/aromatic N) is 1. The fourth-order valence-corrected chi connectivity index (χ4v) is 4.98. The van der Waals surface area contributed by atoms with Crippen molar-refractivity contribution in [3.8, 4) is 17.2 Å². The van der Waals surface area contributed by atoms with Crippen LogP contribution in [0.15, 0.2) is 60.7 Å². The van der Waals surface area contributed by atoms with E-state index in [0.717, 1.165) is 87.5 Å². The standard InChI is InChI=1S/C33H45N3O5.2ClH/c1-39-30-10-8-9-27(25-30)13-17-31-28(14-18-32(40-2)33(31)41-3)20-24-35-22-7-5-4-6-21-34-23-19-26-11-15-29(16-12-26)36(37)38;;/h8-12,14-16,18,25,34-35H,4-7,13,17,19-24H2,1-3H3;2*1H. The molecule has 0 bridgehead atoms. The van der Waals surface area contributed by atoms with Crippen LogP contribution in [0.25, 0.3) is 0 Å². The third kappa shape index (κ3) is 13.0. The predicted molar refractivity (Wildman–Crippen MR) is 179 cm³/mol. The van der Waals surface area contributed by atoms with Crippen LogP contribution >= 0.6 is 24.8 Å². The molecule has 10 heteroatoms. The number of unbranched alkanes of at least 4 members (excludes halogenated alkanes) is 3. The van der Waals surface area contributed by atoms with Crippen LogP contribution in [0.2, 0.25) is 0 Å². The molecule has 8 nitrogen and oxygen atoms in total. The number of ether oxygens (including phenoxy) is 3. The topological polar surface area (TPSA) is 94.9 Å². The summed E-state index contributed by atoms with van der Waals surface area (Å²) in [5, 5.41) is 17.8. The van der Waals surface area contributed by atoms with Crippen LogP contribution in [0.5, 0.6) is 17.2 Å². The van der Waals surface area contributed by atoms with Gasteiger partial charge in [0.25, 0.3) is 5.69 Å². The normalized spacial score (nSPS) is 10.4. The maximum atomic E-state index is 10.7. The Hall–Kier alpha value is -3.04. The lowest BCUT2D eigenvalue weighted by atomic mass is 9.96. The maximum absolute atomic E-state index is 10.7. The highest BCUT2D eigenvalue weighted by atomic mass is 35.5. The number of nitrogens with one attached hydrogen (secondary N) is 2. The van der Waals surface area contributed by atoms with Gasteiger partial charge < -0.3 is 24.8 Å². The number of halogens is 2. The molecule has 3 rings (SSSR count). The summed E-state index contributed by atoms with van der Waals surface area (Å²) in [6.07, 6.45) is 8.31. The number of aryl methyl sites for hydroxylation is 1. The molecule has 0 saturated carbocycles. The van der Waals surface area contributed by atoms with Crippen molar-refractivity contribution in [1.82, 2.24) is 10.6 Å². The van der Waals surface area contributed by atoms with Crippen LogP contribution < -0.4 is 24.8 Å². The predicted octanol–water partition coefficient (Wildman–Crippen LogP) is 6.77. The molecule has 0 saturated heterocycles. The lowest BCUT2D eigenvalue weighted by Crippen LogP contribution is -2.20. The molecule has 43 heavy (non-hydrogen) atoms. The lowest BCUT2D eigenvalue weighted by molar-refractivity contribution is -0.384. The smallest absolute Gasteiger partial charge is 0.269 e. The summed E-state index contributed by atoms with van der Waals surface area (Å²) in [5.74, 6) is 2.47. The Morgan fingerprint density at radius 1 is 0.674 bits per heavy atom. The minimum atomic E-state index is -0.363. The molecule has 238 valence electrons. The molecule has 0 aliphatic heterocycles. The van der Waals surface area contributed by atoms with Crippen molar-refractivity contribution in [3.63, 3.8) is 0 Å². The monoisotopic (exact) mass is 635 g/mol. The van der Waals surface area contributed by atoms with Gasteiger partial charge in [0.1, 0.15) is 5.75 Å². The summed E-state index contributed by atoms with van der Waals surface area (Å²) in [4.78, 5) is 10.4. The molecule has 0 aromatic heterocycles. The highest BCUT2D eigenvalue weighted by Crippen LogP contribution is 2.34. The molecule has 0 spiro atoms. The third-order valence-electron chi connectivity index (χ3n) is 7.31. The number of rotatable bonds is 20. The molecule has 0 aliphatic carbocycles. The summed E-state index contributed by atoms with van der Waals surface area (Å²) < 4.78 is 16.7. The molecular formula is C33H47Cl2N3O5. The van der Waals surface area contributed by atoms with Crippen molar-refractivity contribution in [2.24, 2.45) is 0 Å². The second kappa shape index (κ2) is 21.6. The Bertz CT molecular complexity index is 1210. The molecule has 0 heterocycles. The molecule has 3 aromatic carbocycles. The Kier molecular flexibility index (Phi) is 19.1. The highest BCUT2D eigenvalue weighted by molar-refractivity contribution is 5.85. The number of nitro groups is 1. The van der Waals surface area contributed by atoms with Crippen LogP contribution in [0.3, 0.4) is 0 Å². The fourth-order valence-electron chi connectivity index (χ4n) is 4.98. The number of hydrogen-bond acceptors (Lipinski definition) is 7. The van der Waals surface area contributed by atoms with E-state index in [1.165, 1.54) is 29.5 Å². The second-order valence-corrected chi connectivity index (χ2v) is 10.1. The zero-order valence-corrected chi connectivity index (χ0v) is 27.2. The molecule has 0 atom stereocenters. The molecular weight excluding hydrogens is 589 g/mol. The highest BCUT2D eigenvalue weighted by Gasteiger charge is 2.15. The largest absolute Gasteiger partial charge is 0.497 e. The van der Waals surface area contributed by atoms with Crippen molar-refractivity contribution in [1.29, 1.82) is 0 Å². The van der Waals surface area contributed by atoms with Crippen molar-refractivity contribution < 1.29 is 19.1 Å². The van der Waals surface area contributed by atoms with Gasteiger partial charge in [0, 0.05) is 17.7 Å². The van der Waals surface area contributed by atoms with E-state index in [0.29, 0.717) is 0 Å². The molecule has 3 aromatic rings. The Morgan fingerprint density at radius 3 is 1.95 bits per heavy atom. The van der Waals surface area contributed by atoms with Gasteiger partial charge in [-0.25, -0.2) is 0 Å². The zero-order chi connectivity index (χ0) is 29.3. The number of nitro benzene ring substituents is 1. The van der Waals surface area contributed by atoms with Gasteiger partial charge in [-0.2, -0.15) is 0 Å². The summed E-state index contributed by atoms with van der Waals surface area (Å²) in [7, 11) is 5.09.